The minimum Gasteiger partial charge on any atom is -0.491 e. The highest BCUT2D eigenvalue weighted by Gasteiger charge is 2.25. The second-order valence-corrected chi connectivity index (χ2v) is 7.72. The molecule has 3 rings (SSSR count). The number of amides is 2. The molecule has 0 heterocycles. The van der Waals surface area contributed by atoms with Crippen LogP contribution in [0.2, 0.25) is 0 Å². The van der Waals surface area contributed by atoms with Gasteiger partial charge in [-0.2, -0.15) is 0 Å². The van der Waals surface area contributed by atoms with Gasteiger partial charge < -0.3 is 25.6 Å². The molecule has 0 aliphatic rings. The molecule has 2 amide bonds. The number of benzene rings is 3. The fourth-order valence-electron chi connectivity index (χ4n) is 3.37. The summed E-state index contributed by atoms with van der Waals surface area (Å²) in [6, 6.07) is 23.0. The van der Waals surface area contributed by atoms with Crippen LogP contribution in [0.15, 0.2) is 91.0 Å². The number of aliphatic hydroxyl groups is 1. The van der Waals surface area contributed by atoms with Gasteiger partial charge in [-0.3, -0.25) is 10.1 Å². The third-order valence-corrected chi connectivity index (χ3v) is 5.08. The zero-order valence-corrected chi connectivity index (χ0v) is 19.4. The minimum absolute atomic E-state index is 0.0884. The maximum Gasteiger partial charge on any atom is 0.412 e. The Bertz CT molecular complexity index is 1150. The molecule has 0 fully saturated rings. The first-order chi connectivity index (χ1) is 17.0. The van der Waals surface area contributed by atoms with Gasteiger partial charge in [0.1, 0.15) is 18.5 Å². The number of nitrogen functional groups attached to an aromatic ring is 1. The van der Waals surface area contributed by atoms with Gasteiger partial charge in [-0.15, -0.1) is 0 Å². The Balaban J connectivity index is 1.80. The van der Waals surface area contributed by atoms with Crippen LogP contribution in [0, 0.1) is 5.92 Å². The van der Waals surface area contributed by atoms with E-state index < -0.39 is 18.1 Å². The molecule has 182 valence electrons. The Morgan fingerprint density at radius 2 is 1.66 bits per heavy atom. The van der Waals surface area contributed by atoms with E-state index in [4.69, 9.17) is 15.2 Å². The van der Waals surface area contributed by atoms with Crippen molar-refractivity contribution in [3.8, 4) is 5.75 Å². The molecule has 0 aliphatic heterocycles. The number of rotatable bonds is 10. The number of hydrogen-bond acceptors (Lipinski definition) is 6. The Hall–Kier alpha value is -4.30. The average Bonchev–Trinajstić information content (AvgIpc) is 2.87. The second kappa shape index (κ2) is 12.8. The molecule has 0 radical (unpaired) electrons. The molecule has 0 unspecified atom stereocenters. The van der Waals surface area contributed by atoms with E-state index in [0.29, 0.717) is 28.4 Å². The minimum atomic E-state index is -0.778. The summed E-state index contributed by atoms with van der Waals surface area (Å²) in [5, 5.41) is 14.6. The Morgan fingerprint density at radius 3 is 2.40 bits per heavy atom. The number of hydrogen-bond donors (Lipinski definition) is 4. The normalized spacial score (nSPS) is 12.5. The predicted octanol–water partition coefficient (Wildman–Crippen LogP) is 4.76. The lowest BCUT2D eigenvalue weighted by Crippen LogP contribution is -2.22. The number of carbonyl (C=O) groups is 2. The first-order valence-corrected chi connectivity index (χ1v) is 11.2. The smallest absolute Gasteiger partial charge is 0.412 e. The third-order valence-electron chi connectivity index (χ3n) is 5.08. The van der Waals surface area contributed by atoms with Gasteiger partial charge in [0.15, 0.2) is 0 Å². The molecule has 5 N–H and O–H groups in total. The molecule has 8 heteroatoms. The van der Waals surface area contributed by atoms with Crippen molar-refractivity contribution in [1.82, 2.24) is 0 Å². The highest BCUT2D eigenvalue weighted by Crippen LogP contribution is 2.34. The quantitative estimate of drug-likeness (QED) is 0.248. The molecule has 0 spiro atoms. The summed E-state index contributed by atoms with van der Waals surface area (Å²) in [5.41, 5.74) is 8.04. The van der Waals surface area contributed by atoms with E-state index >= 15 is 0 Å². The van der Waals surface area contributed by atoms with Gasteiger partial charge in [-0.1, -0.05) is 61.5 Å². The Morgan fingerprint density at radius 1 is 0.971 bits per heavy atom. The van der Waals surface area contributed by atoms with Crippen LogP contribution in [0.5, 0.6) is 5.75 Å². The van der Waals surface area contributed by atoms with Crippen molar-refractivity contribution < 1.29 is 24.2 Å². The number of anilines is 3. The van der Waals surface area contributed by atoms with E-state index in [9.17, 15) is 14.7 Å². The van der Waals surface area contributed by atoms with Gasteiger partial charge in [0, 0.05) is 17.2 Å². The van der Waals surface area contributed by atoms with Crippen LogP contribution in [-0.4, -0.2) is 30.3 Å². The zero-order chi connectivity index (χ0) is 25.0. The number of aliphatic hydroxyl groups excluding tert-OH is 1. The van der Waals surface area contributed by atoms with Crippen molar-refractivity contribution in [2.75, 3.05) is 29.6 Å². The lowest BCUT2D eigenvalue weighted by molar-refractivity contribution is -0.111. The number of nitrogens with one attached hydrogen (secondary N) is 2. The first-order valence-electron chi connectivity index (χ1n) is 11.2. The fraction of sp³-hybridized carbons (Fsp3) is 0.185. The van der Waals surface area contributed by atoms with Crippen LogP contribution in [-0.2, 0) is 9.53 Å². The Labute approximate surface area is 204 Å². The van der Waals surface area contributed by atoms with Crippen molar-refractivity contribution in [2.45, 2.75) is 13.0 Å². The van der Waals surface area contributed by atoms with Gasteiger partial charge >= 0.3 is 6.09 Å². The molecule has 2 atom stereocenters. The lowest BCUT2D eigenvalue weighted by Gasteiger charge is -2.24. The topological polar surface area (TPSA) is 123 Å². The highest BCUT2D eigenvalue weighted by atomic mass is 16.6. The number of nitrogens with two attached hydrogens (primary N) is 1. The molecule has 0 aromatic heterocycles. The standard InChI is InChI=1S/C27H29N3O5/c1-19(15-16-25(32)30-23-13-7-6-12-22(23)28)26(21-11-5-8-14-24(21)34-18-17-31)35-27(33)29-20-9-3-2-4-10-20/h2-16,19,26,31H,17-18,28H2,1H3,(H,29,33)(H,30,32)/b16-15+/t19-,26-/m0/s1. The molecule has 3 aromatic carbocycles. The molecule has 0 bridgehead atoms. The van der Waals surface area contributed by atoms with Crippen molar-refractivity contribution in [3.63, 3.8) is 0 Å². The highest BCUT2D eigenvalue weighted by molar-refractivity contribution is 6.01. The van der Waals surface area contributed by atoms with E-state index in [1.165, 1.54) is 6.08 Å². The molecule has 8 nitrogen and oxygen atoms in total. The zero-order valence-electron chi connectivity index (χ0n) is 19.4. The summed E-state index contributed by atoms with van der Waals surface area (Å²) in [5.74, 6) is -0.304. The SMILES string of the molecule is C[C@@H](/C=C/C(=O)Nc1ccccc1N)[C@H](OC(=O)Nc1ccccc1)c1ccccc1OCCO. The molecular weight excluding hydrogens is 446 g/mol. The fourth-order valence-corrected chi connectivity index (χ4v) is 3.37. The summed E-state index contributed by atoms with van der Waals surface area (Å²) < 4.78 is 11.5. The van der Waals surface area contributed by atoms with Crippen molar-refractivity contribution >= 4 is 29.1 Å². The van der Waals surface area contributed by atoms with E-state index in [2.05, 4.69) is 10.6 Å². The summed E-state index contributed by atoms with van der Waals surface area (Å²) in [6.45, 7) is 1.75. The second-order valence-electron chi connectivity index (χ2n) is 7.72. The third kappa shape index (κ3) is 7.62. The van der Waals surface area contributed by atoms with Crippen LogP contribution < -0.4 is 21.1 Å². The van der Waals surface area contributed by atoms with E-state index in [1.807, 2.05) is 13.0 Å². The van der Waals surface area contributed by atoms with E-state index in [-0.39, 0.29) is 19.1 Å². The van der Waals surface area contributed by atoms with Crippen molar-refractivity contribution in [3.05, 3.63) is 96.6 Å². The van der Waals surface area contributed by atoms with E-state index in [0.717, 1.165) is 0 Å². The van der Waals surface area contributed by atoms with Crippen LogP contribution in [0.1, 0.15) is 18.6 Å². The maximum absolute atomic E-state index is 12.7. The van der Waals surface area contributed by atoms with E-state index in [1.54, 1.807) is 78.9 Å². The largest absolute Gasteiger partial charge is 0.491 e. The molecule has 35 heavy (non-hydrogen) atoms. The summed E-state index contributed by atoms with van der Waals surface area (Å²) in [4.78, 5) is 25.2. The van der Waals surface area contributed by atoms with Crippen LogP contribution >= 0.6 is 0 Å². The molecular formula is C27H29N3O5. The molecule has 0 saturated carbocycles. The Kier molecular flexibility index (Phi) is 9.27. The summed E-state index contributed by atoms with van der Waals surface area (Å²) >= 11 is 0. The van der Waals surface area contributed by atoms with Crippen LogP contribution in [0.4, 0.5) is 21.9 Å². The van der Waals surface area contributed by atoms with Gasteiger partial charge in [-0.05, 0) is 36.4 Å². The summed E-state index contributed by atoms with van der Waals surface area (Å²) in [7, 11) is 0. The predicted molar refractivity (Wildman–Crippen MR) is 136 cm³/mol. The molecule has 0 saturated heterocycles. The van der Waals surface area contributed by atoms with Gasteiger partial charge in [-0.25, -0.2) is 4.79 Å². The van der Waals surface area contributed by atoms with Crippen molar-refractivity contribution in [1.29, 1.82) is 0 Å². The number of ether oxygens (including phenoxy) is 2. The number of carbonyl (C=O) groups excluding carboxylic acids is 2. The first kappa shape index (κ1) is 25.3. The molecule has 3 aromatic rings. The van der Waals surface area contributed by atoms with Crippen LogP contribution in [0.25, 0.3) is 0 Å². The summed E-state index contributed by atoms with van der Waals surface area (Å²) in [6.07, 6.45) is 1.59. The lowest BCUT2D eigenvalue weighted by atomic mass is 9.95. The number of para-hydroxylation sites is 4. The average molecular weight is 476 g/mol. The van der Waals surface area contributed by atoms with Crippen molar-refractivity contribution in [2.24, 2.45) is 5.92 Å². The molecule has 0 aliphatic carbocycles. The van der Waals surface area contributed by atoms with Gasteiger partial charge in [0.25, 0.3) is 0 Å². The monoisotopic (exact) mass is 475 g/mol. The van der Waals surface area contributed by atoms with Gasteiger partial charge in [0.2, 0.25) is 5.91 Å². The maximum atomic E-state index is 12.7. The van der Waals surface area contributed by atoms with Gasteiger partial charge in [0.05, 0.1) is 18.0 Å². The van der Waals surface area contributed by atoms with Crippen LogP contribution in [0.3, 0.4) is 0 Å².